The van der Waals surface area contributed by atoms with E-state index in [0.29, 0.717) is 18.1 Å². The molecule has 4 aromatic heterocycles. The van der Waals surface area contributed by atoms with E-state index < -0.39 is 0 Å². The molecule has 0 aliphatic heterocycles. The molecule has 0 atom stereocenters. The number of rotatable bonds is 6. The van der Waals surface area contributed by atoms with Gasteiger partial charge in [-0.15, -0.1) is 21.5 Å². The molecule has 0 bridgehead atoms. The van der Waals surface area contributed by atoms with Crippen LogP contribution in [0.4, 0.5) is 10.2 Å². The van der Waals surface area contributed by atoms with Gasteiger partial charge in [0.05, 0.1) is 15.4 Å². The molecule has 0 unspecified atom stereocenters. The monoisotopic (exact) mass is 407 g/mol. The summed E-state index contributed by atoms with van der Waals surface area (Å²) in [6.07, 6.45) is 6.05. The Balaban J connectivity index is 1.29. The summed E-state index contributed by atoms with van der Waals surface area (Å²) in [7, 11) is 0. The highest BCUT2D eigenvalue weighted by atomic mass is 32.1. The summed E-state index contributed by atoms with van der Waals surface area (Å²) < 4.78 is 14.2. The van der Waals surface area contributed by atoms with Crippen molar-refractivity contribution in [1.82, 2.24) is 30.4 Å². The number of nitrogens with zero attached hydrogens (tertiary/aromatic N) is 5. The third-order valence-electron chi connectivity index (χ3n) is 5.35. The Morgan fingerprint density at radius 3 is 2.66 bits per heavy atom. The van der Waals surface area contributed by atoms with Crippen molar-refractivity contribution in [3.63, 3.8) is 0 Å². The number of nitrogens with one attached hydrogen (secondary N) is 2. The minimum atomic E-state index is -0.272. The highest BCUT2D eigenvalue weighted by Crippen LogP contribution is 2.43. The number of thiophene rings is 1. The van der Waals surface area contributed by atoms with Crippen molar-refractivity contribution < 1.29 is 4.39 Å². The Bertz CT molecular complexity index is 1100. The average molecular weight is 407 g/mol. The number of anilines is 1. The molecule has 1 fully saturated rings. The van der Waals surface area contributed by atoms with Crippen LogP contribution in [0.15, 0.2) is 48.9 Å². The van der Waals surface area contributed by atoms with Crippen LogP contribution in [0, 0.1) is 5.82 Å². The zero-order valence-corrected chi connectivity index (χ0v) is 16.3. The summed E-state index contributed by atoms with van der Waals surface area (Å²) in [6, 6.07) is 10.9. The first-order valence-corrected chi connectivity index (χ1v) is 10.2. The highest BCUT2D eigenvalue weighted by molar-refractivity contribution is 7.18. The molecule has 0 spiro atoms. The van der Waals surface area contributed by atoms with Gasteiger partial charge in [-0.2, -0.15) is 5.10 Å². The lowest BCUT2D eigenvalue weighted by Crippen LogP contribution is -2.42. The molecular formula is C20H18FN7S. The molecule has 146 valence electrons. The number of halogens is 1. The Kier molecular flexibility index (Phi) is 4.51. The summed E-state index contributed by atoms with van der Waals surface area (Å²) in [5, 5.41) is 18.7. The molecule has 4 aromatic rings. The van der Waals surface area contributed by atoms with Crippen molar-refractivity contribution in [1.29, 1.82) is 0 Å². The van der Waals surface area contributed by atoms with Crippen LogP contribution in [-0.4, -0.2) is 36.9 Å². The largest absolute Gasteiger partial charge is 0.368 e. The predicted octanol–water partition coefficient (Wildman–Crippen LogP) is 4.06. The Morgan fingerprint density at radius 1 is 1.07 bits per heavy atom. The molecule has 5 rings (SSSR count). The zero-order valence-electron chi connectivity index (χ0n) is 15.5. The number of hydrogen-bond donors (Lipinski definition) is 2. The standard InChI is InChI=1S/C20H18FN7S/c21-13-3-1-10-22-18(13)20(8-2-9-20)11-23-17-7-4-14(26-27-17)15-5-6-16(29-15)19-24-12-25-28-19/h1,3-7,10,12H,2,8-9,11H2,(H,23,27)(H,24,25,28). The fraction of sp³-hybridized carbons (Fsp3) is 0.250. The van der Waals surface area contributed by atoms with Crippen molar-refractivity contribution in [2.75, 3.05) is 11.9 Å². The molecule has 0 radical (unpaired) electrons. The van der Waals surface area contributed by atoms with Crippen LogP contribution < -0.4 is 5.32 Å². The molecule has 1 aliphatic rings. The Morgan fingerprint density at radius 2 is 1.97 bits per heavy atom. The second-order valence-corrected chi connectivity index (χ2v) is 8.21. The third kappa shape index (κ3) is 3.38. The van der Waals surface area contributed by atoms with Gasteiger partial charge in [-0.25, -0.2) is 9.37 Å². The van der Waals surface area contributed by atoms with Crippen molar-refractivity contribution in [2.24, 2.45) is 0 Å². The van der Waals surface area contributed by atoms with Crippen LogP contribution in [0.3, 0.4) is 0 Å². The summed E-state index contributed by atoms with van der Waals surface area (Å²) in [4.78, 5) is 10.5. The first kappa shape index (κ1) is 17.9. The van der Waals surface area contributed by atoms with Gasteiger partial charge in [0, 0.05) is 18.2 Å². The maximum Gasteiger partial charge on any atom is 0.165 e. The van der Waals surface area contributed by atoms with Gasteiger partial charge in [-0.3, -0.25) is 10.1 Å². The van der Waals surface area contributed by atoms with E-state index in [1.807, 2.05) is 24.3 Å². The molecule has 4 heterocycles. The van der Waals surface area contributed by atoms with Crippen LogP contribution in [0.25, 0.3) is 21.3 Å². The van der Waals surface area contributed by atoms with Crippen LogP contribution in [0.2, 0.25) is 0 Å². The number of aromatic nitrogens is 6. The number of hydrogen-bond acceptors (Lipinski definition) is 7. The van der Waals surface area contributed by atoms with Gasteiger partial charge < -0.3 is 5.32 Å². The number of pyridine rings is 1. The molecule has 7 nitrogen and oxygen atoms in total. The summed E-state index contributed by atoms with van der Waals surface area (Å²) in [5.74, 6) is 1.17. The minimum Gasteiger partial charge on any atom is -0.368 e. The normalized spacial score (nSPS) is 15.1. The molecule has 9 heteroatoms. The van der Waals surface area contributed by atoms with Crippen LogP contribution >= 0.6 is 11.3 Å². The lowest BCUT2D eigenvalue weighted by Gasteiger charge is -2.41. The molecule has 1 saturated carbocycles. The minimum absolute atomic E-state index is 0.240. The van der Waals surface area contributed by atoms with Crippen molar-refractivity contribution >= 4 is 17.2 Å². The van der Waals surface area contributed by atoms with Gasteiger partial charge in [-0.05, 0) is 49.2 Å². The molecule has 0 saturated heterocycles. The van der Waals surface area contributed by atoms with Crippen molar-refractivity contribution in [2.45, 2.75) is 24.7 Å². The topological polar surface area (TPSA) is 92.3 Å². The van der Waals surface area contributed by atoms with E-state index in [2.05, 4.69) is 35.7 Å². The third-order valence-corrected chi connectivity index (χ3v) is 6.47. The van der Waals surface area contributed by atoms with E-state index >= 15 is 0 Å². The molecular weight excluding hydrogens is 389 g/mol. The van der Waals surface area contributed by atoms with Gasteiger partial charge in [0.15, 0.2) is 5.82 Å². The lowest BCUT2D eigenvalue weighted by atomic mass is 9.66. The maximum absolute atomic E-state index is 14.2. The maximum atomic E-state index is 14.2. The predicted molar refractivity (Wildman–Crippen MR) is 109 cm³/mol. The molecule has 1 aliphatic carbocycles. The van der Waals surface area contributed by atoms with E-state index in [0.717, 1.165) is 40.5 Å². The van der Waals surface area contributed by atoms with Crippen LogP contribution in [0.1, 0.15) is 25.0 Å². The van der Waals surface area contributed by atoms with Crippen LogP contribution in [0.5, 0.6) is 0 Å². The highest BCUT2D eigenvalue weighted by Gasteiger charge is 2.41. The number of aromatic amines is 1. The second-order valence-electron chi connectivity index (χ2n) is 7.12. The van der Waals surface area contributed by atoms with E-state index in [-0.39, 0.29) is 11.2 Å². The van der Waals surface area contributed by atoms with Gasteiger partial charge in [0.1, 0.15) is 23.7 Å². The Hall–Kier alpha value is -3.20. The second kappa shape index (κ2) is 7.32. The SMILES string of the molecule is Fc1cccnc1C1(CNc2ccc(-c3ccc(-c4ncn[nH]4)s3)nn2)CCC1. The fourth-order valence-electron chi connectivity index (χ4n) is 3.62. The van der Waals surface area contributed by atoms with Gasteiger partial charge >= 0.3 is 0 Å². The lowest BCUT2D eigenvalue weighted by molar-refractivity contribution is 0.243. The van der Waals surface area contributed by atoms with Gasteiger partial charge in [0.25, 0.3) is 0 Å². The first-order valence-electron chi connectivity index (χ1n) is 9.38. The molecule has 2 N–H and O–H groups in total. The van der Waals surface area contributed by atoms with Crippen molar-refractivity contribution in [3.05, 3.63) is 60.4 Å². The van der Waals surface area contributed by atoms with E-state index in [1.54, 1.807) is 23.6 Å². The number of H-pyrrole nitrogens is 1. The summed E-state index contributed by atoms with van der Waals surface area (Å²) in [6.45, 7) is 0.587. The summed E-state index contributed by atoms with van der Waals surface area (Å²) >= 11 is 1.57. The van der Waals surface area contributed by atoms with E-state index in [1.165, 1.54) is 12.4 Å². The Labute approximate surface area is 170 Å². The van der Waals surface area contributed by atoms with Gasteiger partial charge in [0.2, 0.25) is 0 Å². The average Bonchev–Trinajstić information content (AvgIpc) is 3.41. The van der Waals surface area contributed by atoms with Crippen molar-refractivity contribution in [3.8, 4) is 21.3 Å². The molecule has 29 heavy (non-hydrogen) atoms. The van der Waals surface area contributed by atoms with Gasteiger partial charge in [-0.1, -0.05) is 6.42 Å². The summed E-state index contributed by atoms with van der Waals surface area (Å²) in [5.41, 5.74) is 1.06. The molecule has 0 amide bonds. The molecule has 0 aromatic carbocycles. The first-order chi connectivity index (χ1) is 14.2. The fourth-order valence-corrected chi connectivity index (χ4v) is 4.54. The van der Waals surface area contributed by atoms with E-state index in [9.17, 15) is 4.39 Å². The van der Waals surface area contributed by atoms with Crippen LogP contribution in [-0.2, 0) is 5.41 Å². The quantitative estimate of drug-likeness (QED) is 0.501. The van der Waals surface area contributed by atoms with E-state index in [4.69, 9.17) is 0 Å². The zero-order chi connectivity index (χ0) is 19.7. The smallest absolute Gasteiger partial charge is 0.165 e.